The number of nitrogens with one attached hydrogen (secondary N) is 1. The SMILES string of the molecule is CCc1cc2c(=O)n(CC(=O)NC3CCCCCCC3)cnc2s1. The maximum Gasteiger partial charge on any atom is 0.262 e. The number of aryl methyl sites for hydroxylation is 1. The molecule has 5 nitrogen and oxygen atoms in total. The molecule has 0 atom stereocenters. The third kappa shape index (κ3) is 4.04. The van der Waals surface area contributed by atoms with E-state index in [1.54, 1.807) is 11.3 Å². The standard InChI is InChI=1S/C18H25N3O2S/c1-2-14-10-15-17(24-14)19-12-21(18(15)23)11-16(22)20-13-8-6-4-3-5-7-9-13/h10,12-13H,2-9,11H2,1H3,(H,20,22). The van der Waals surface area contributed by atoms with E-state index in [2.05, 4.69) is 17.2 Å². The molecule has 1 saturated carbocycles. The molecule has 130 valence electrons. The van der Waals surface area contributed by atoms with E-state index in [4.69, 9.17) is 0 Å². The number of carbonyl (C=O) groups is 1. The largest absolute Gasteiger partial charge is 0.352 e. The van der Waals surface area contributed by atoms with Crippen LogP contribution < -0.4 is 10.9 Å². The summed E-state index contributed by atoms with van der Waals surface area (Å²) in [7, 11) is 0. The fourth-order valence-electron chi connectivity index (χ4n) is 3.33. The van der Waals surface area contributed by atoms with E-state index >= 15 is 0 Å². The molecule has 0 bridgehead atoms. The molecular weight excluding hydrogens is 322 g/mol. The number of amides is 1. The number of rotatable bonds is 4. The molecule has 0 spiro atoms. The van der Waals surface area contributed by atoms with E-state index in [1.807, 2.05) is 6.07 Å². The monoisotopic (exact) mass is 347 g/mol. The van der Waals surface area contributed by atoms with Gasteiger partial charge in [0.05, 0.1) is 11.7 Å². The Labute approximate surface area is 146 Å². The number of fused-ring (bicyclic) bond motifs is 1. The number of aromatic nitrogens is 2. The van der Waals surface area contributed by atoms with Crippen molar-refractivity contribution in [2.75, 3.05) is 0 Å². The molecule has 0 aliphatic heterocycles. The van der Waals surface area contributed by atoms with Gasteiger partial charge in [-0.15, -0.1) is 11.3 Å². The first-order chi connectivity index (χ1) is 11.7. The Bertz CT molecular complexity index is 757. The Morgan fingerprint density at radius 2 is 2.00 bits per heavy atom. The van der Waals surface area contributed by atoms with E-state index < -0.39 is 0 Å². The lowest BCUT2D eigenvalue weighted by molar-refractivity contribution is -0.122. The van der Waals surface area contributed by atoms with Crippen LogP contribution in [0.15, 0.2) is 17.2 Å². The van der Waals surface area contributed by atoms with Crippen LogP contribution in [0.1, 0.15) is 56.7 Å². The summed E-state index contributed by atoms with van der Waals surface area (Å²) in [5, 5.41) is 3.73. The first kappa shape index (κ1) is 17.1. The van der Waals surface area contributed by atoms with Crippen LogP contribution in [0.2, 0.25) is 0 Å². The first-order valence-corrected chi connectivity index (χ1v) is 9.76. The molecule has 0 saturated heterocycles. The van der Waals surface area contributed by atoms with Crippen LogP contribution in [0.25, 0.3) is 10.2 Å². The van der Waals surface area contributed by atoms with Gasteiger partial charge < -0.3 is 5.32 Å². The predicted octanol–water partition coefficient (Wildman–Crippen LogP) is 3.25. The topological polar surface area (TPSA) is 64.0 Å². The number of thiophene rings is 1. The van der Waals surface area contributed by atoms with Crippen molar-refractivity contribution in [2.45, 2.75) is 70.9 Å². The molecule has 2 heterocycles. The van der Waals surface area contributed by atoms with E-state index in [0.29, 0.717) is 5.39 Å². The number of hydrogen-bond acceptors (Lipinski definition) is 4. The van der Waals surface area contributed by atoms with Gasteiger partial charge in [-0.3, -0.25) is 14.2 Å². The molecular formula is C18H25N3O2S. The molecule has 6 heteroatoms. The third-order valence-electron chi connectivity index (χ3n) is 4.70. The quantitative estimate of drug-likeness (QED) is 0.923. The minimum absolute atomic E-state index is 0.0512. The van der Waals surface area contributed by atoms with Crippen molar-refractivity contribution in [2.24, 2.45) is 0 Å². The van der Waals surface area contributed by atoms with Crippen LogP contribution in [-0.2, 0) is 17.8 Å². The van der Waals surface area contributed by atoms with Gasteiger partial charge >= 0.3 is 0 Å². The second-order valence-corrected chi connectivity index (χ2v) is 7.69. The van der Waals surface area contributed by atoms with Crippen LogP contribution in [-0.4, -0.2) is 21.5 Å². The highest BCUT2D eigenvalue weighted by molar-refractivity contribution is 7.18. The lowest BCUT2D eigenvalue weighted by atomic mass is 9.97. The van der Waals surface area contributed by atoms with E-state index in [1.165, 1.54) is 43.0 Å². The highest BCUT2D eigenvalue weighted by atomic mass is 32.1. The van der Waals surface area contributed by atoms with Gasteiger partial charge in [-0.05, 0) is 25.3 Å². The van der Waals surface area contributed by atoms with Crippen molar-refractivity contribution in [3.63, 3.8) is 0 Å². The average molecular weight is 347 g/mol. The van der Waals surface area contributed by atoms with Crippen molar-refractivity contribution in [1.29, 1.82) is 0 Å². The zero-order chi connectivity index (χ0) is 16.9. The molecule has 3 rings (SSSR count). The summed E-state index contributed by atoms with van der Waals surface area (Å²) in [5.74, 6) is -0.0882. The molecule has 0 unspecified atom stereocenters. The maximum atomic E-state index is 12.5. The predicted molar refractivity (Wildman–Crippen MR) is 97.5 cm³/mol. The Morgan fingerprint density at radius 1 is 1.29 bits per heavy atom. The lowest BCUT2D eigenvalue weighted by Crippen LogP contribution is -2.39. The fraction of sp³-hybridized carbons (Fsp3) is 0.611. The molecule has 1 amide bonds. The van der Waals surface area contributed by atoms with Gasteiger partial charge in [0.15, 0.2) is 0 Å². The second-order valence-electron chi connectivity index (χ2n) is 6.57. The summed E-state index contributed by atoms with van der Waals surface area (Å²) < 4.78 is 1.42. The van der Waals surface area contributed by atoms with E-state index in [0.717, 1.165) is 29.0 Å². The van der Waals surface area contributed by atoms with Gasteiger partial charge in [-0.25, -0.2) is 4.98 Å². The summed E-state index contributed by atoms with van der Waals surface area (Å²) >= 11 is 1.55. The normalized spacial score (nSPS) is 16.7. The van der Waals surface area contributed by atoms with Crippen molar-refractivity contribution in [1.82, 2.24) is 14.9 Å². The van der Waals surface area contributed by atoms with Crippen LogP contribution >= 0.6 is 11.3 Å². The van der Waals surface area contributed by atoms with Gasteiger partial charge in [0.2, 0.25) is 5.91 Å². The third-order valence-corrected chi connectivity index (χ3v) is 5.89. The number of hydrogen-bond donors (Lipinski definition) is 1. The maximum absolute atomic E-state index is 12.5. The van der Waals surface area contributed by atoms with Gasteiger partial charge in [0.25, 0.3) is 5.56 Å². The average Bonchev–Trinajstić information content (AvgIpc) is 2.97. The lowest BCUT2D eigenvalue weighted by Gasteiger charge is -2.21. The van der Waals surface area contributed by atoms with Gasteiger partial charge in [-0.2, -0.15) is 0 Å². The van der Waals surface area contributed by atoms with Crippen molar-refractivity contribution >= 4 is 27.5 Å². The summed E-state index contributed by atoms with van der Waals surface area (Å²) in [5.41, 5.74) is -0.122. The van der Waals surface area contributed by atoms with Crippen LogP contribution in [0.3, 0.4) is 0 Å². The highest BCUT2D eigenvalue weighted by Crippen LogP contribution is 2.21. The number of nitrogens with zero attached hydrogens (tertiary/aromatic N) is 2. The zero-order valence-electron chi connectivity index (χ0n) is 14.2. The van der Waals surface area contributed by atoms with Gasteiger partial charge in [0, 0.05) is 10.9 Å². The van der Waals surface area contributed by atoms with E-state index in [9.17, 15) is 9.59 Å². The fourth-order valence-corrected chi connectivity index (χ4v) is 4.25. The molecule has 1 N–H and O–H groups in total. The Balaban J connectivity index is 1.68. The molecule has 0 radical (unpaired) electrons. The summed E-state index contributed by atoms with van der Waals surface area (Å²) in [6.45, 7) is 2.11. The minimum Gasteiger partial charge on any atom is -0.352 e. The Kier molecular flexibility index (Phi) is 5.66. The van der Waals surface area contributed by atoms with Gasteiger partial charge in [-0.1, -0.05) is 39.0 Å². The van der Waals surface area contributed by atoms with Crippen LogP contribution in [0.4, 0.5) is 0 Å². The molecule has 1 aliphatic carbocycles. The number of carbonyl (C=O) groups excluding carboxylic acids is 1. The summed E-state index contributed by atoms with van der Waals surface area (Å²) in [6, 6.07) is 2.15. The summed E-state index contributed by atoms with van der Waals surface area (Å²) in [6.07, 6.45) is 10.6. The molecule has 2 aromatic heterocycles. The molecule has 24 heavy (non-hydrogen) atoms. The van der Waals surface area contributed by atoms with Crippen LogP contribution in [0.5, 0.6) is 0 Å². The Hall–Kier alpha value is -1.69. The Morgan fingerprint density at radius 3 is 2.71 bits per heavy atom. The molecule has 2 aromatic rings. The molecule has 0 aromatic carbocycles. The highest BCUT2D eigenvalue weighted by Gasteiger charge is 2.15. The molecule has 1 aliphatic rings. The van der Waals surface area contributed by atoms with Crippen molar-refractivity contribution < 1.29 is 4.79 Å². The van der Waals surface area contributed by atoms with Crippen molar-refractivity contribution in [3.05, 3.63) is 27.6 Å². The van der Waals surface area contributed by atoms with Gasteiger partial charge in [0.1, 0.15) is 11.4 Å². The second kappa shape index (κ2) is 7.92. The molecule has 1 fully saturated rings. The van der Waals surface area contributed by atoms with Crippen LogP contribution in [0, 0.1) is 0 Å². The zero-order valence-corrected chi connectivity index (χ0v) is 15.0. The summed E-state index contributed by atoms with van der Waals surface area (Å²) in [4.78, 5) is 31.1. The smallest absolute Gasteiger partial charge is 0.262 e. The first-order valence-electron chi connectivity index (χ1n) is 8.94. The van der Waals surface area contributed by atoms with Crippen molar-refractivity contribution in [3.8, 4) is 0 Å². The van der Waals surface area contributed by atoms with E-state index in [-0.39, 0.29) is 24.1 Å². The minimum atomic E-state index is -0.122.